The lowest BCUT2D eigenvalue weighted by Crippen LogP contribution is -2.17. The fourth-order valence-corrected chi connectivity index (χ4v) is 2.67. The van der Waals surface area contributed by atoms with Crippen molar-refractivity contribution in [1.29, 1.82) is 0 Å². The molecule has 1 unspecified atom stereocenters. The number of para-hydroxylation sites is 1. The average molecular weight is 237 g/mol. The molecule has 0 aliphatic heterocycles. The number of anilines is 1. The summed E-state index contributed by atoms with van der Waals surface area (Å²) in [5.74, 6) is 1.87. The zero-order valence-electron chi connectivity index (χ0n) is 10.8. The Balaban J connectivity index is 2.64. The molecule has 90 valence electrons. The van der Waals surface area contributed by atoms with E-state index in [1.54, 1.807) is 0 Å². The Bertz CT molecular complexity index is 309. The normalized spacial score (nSPS) is 12.8. The molecule has 16 heavy (non-hydrogen) atoms. The fourth-order valence-electron chi connectivity index (χ4n) is 1.90. The van der Waals surface area contributed by atoms with Crippen molar-refractivity contribution in [2.24, 2.45) is 5.92 Å². The van der Waals surface area contributed by atoms with Gasteiger partial charge in [-0.3, -0.25) is 0 Å². The second-order valence-corrected chi connectivity index (χ2v) is 5.91. The number of hydrogen-bond acceptors (Lipinski definition) is 2. The minimum absolute atomic E-state index is 0.540. The zero-order chi connectivity index (χ0) is 12.0. The highest BCUT2D eigenvalue weighted by Crippen LogP contribution is 2.27. The predicted molar refractivity (Wildman–Crippen MR) is 75.4 cm³/mol. The molecule has 1 nitrogen and oxygen atoms in total. The Hall–Kier alpha value is -0.630. The van der Waals surface area contributed by atoms with Crippen molar-refractivity contribution < 1.29 is 0 Å². The number of hydrogen-bond donors (Lipinski definition) is 1. The summed E-state index contributed by atoms with van der Waals surface area (Å²) in [6.45, 7) is 8.99. The minimum atomic E-state index is 0.540. The first-order valence-corrected chi connectivity index (χ1v) is 7.10. The lowest BCUT2D eigenvalue weighted by atomic mass is 10.1. The smallest absolute Gasteiger partial charge is 0.0480 e. The van der Waals surface area contributed by atoms with Gasteiger partial charge < -0.3 is 5.32 Å². The third-order valence-corrected chi connectivity index (χ3v) is 3.37. The Morgan fingerprint density at radius 2 is 1.88 bits per heavy atom. The van der Waals surface area contributed by atoms with Gasteiger partial charge >= 0.3 is 0 Å². The van der Waals surface area contributed by atoms with Gasteiger partial charge in [-0.25, -0.2) is 0 Å². The van der Waals surface area contributed by atoms with Gasteiger partial charge in [-0.1, -0.05) is 32.9 Å². The summed E-state index contributed by atoms with van der Waals surface area (Å²) < 4.78 is 0. The maximum absolute atomic E-state index is 3.61. The maximum Gasteiger partial charge on any atom is 0.0480 e. The van der Waals surface area contributed by atoms with Crippen molar-refractivity contribution in [2.45, 2.75) is 45.1 Å². The molecule has 0 amide bonds. The number of benzene rings is 1. The van der Waals surface area contributed by atoms with E-state index in [1.165, 1.54) is 17.0 Å². The molecule has 0 saturated heterocycles. The van der Waals surface area contributed by atoms with E-state index in [9.17, 15) is 0 Å². The number of thioether (sulfide) groups is 1. The molecule has 0 bridgehead atoms. The van der Waals surface area contributed by atoms with E-state index in [0.29, 0.717) is 6.04 Å². The van der Waals surface area contributed by atoms with Crippen LogP contribution in [0, 0.1) is 5.92 Å². The molecule has 1 N–H and O–H groups in total. The average Bonchev–Trinajstić information content (AvgIpc) is 2.20. The third-order valence-electron chi connectivity index (χ3n) is 2.41. The van der Waals surface area contributed by atoms with E-state index in [-0.39, 0.29) is 0 Å². The molecule has 0 aliphatic rings. The van der Waals surface area contributed by atoms with Gasteiger partial charge in [-0.05, 0) is 37.1 Å². The van der Waals surface area contributed by atoms with Crippen LogP contribution in [0.3, 0.4) is 0 Å². The quantitative estimate of drug-likeness (QED) is 0.723. The molecule has 0 radical (unpaired) electrons. The van der Waals surface area contributed by atoms with Crippen LogP contribution in [0.2, 0.25) is 0 Å². The van der Waals surface area contributed by atoms with Gasteiger partial charge in [0.25, 0.3) is 0 Å². The van der Waals surface area contributed by atoms with Crippen LogP contribution in [0.25, 0.3) is 0 Å². The van der Waals surface area contributed by atoms with E-state index in [0.717, 1.165) is 11.7 Å². The Morgan fingerprint density at radius 1 is 1.19 bits per heavy atom. The Labute approximate surface area is 104 Å². The summed E-state index contributed by atoms with van der Waals surface area (Å²) in [6, 6.07) is 9.12. The molecule has 0 fully saturated rings. The lowest BCUT2D eigenvalue weighted by molar-refractivity contribution is 0.539. The first-order valence-electron chi connectivity index (χ1n) is 6.11. The van der Waals surface area contributed by atoms with Crippen LogP contribution in [0.1, 0.15) is 34.1 Å². The molecule has 2 heteroatoms. The van der Waals surface area contributed by atoms with Crippen molar-refractivity contribution in [3.05, 3.63) is 24.3 Å². The van der Waals surface area contributed by atoms with Crippen LogP contribution in [0.5, 0.6) is 0 Å². The molecular weight excluding hydrogens is 214 g/mol. The second-order valence-electron chi connectivity index (χ2n) is 4.60. The van der Waals surface area contributed by atoms with Crippen LogP contribution in [0.15, 0.2) is 29.2 Å². The summed E-state index contributed by atoms with van der Waals surface area (Å²) in [5.41, 5.74) is 1.28. The first-order chi connectivity index (χ1) is 7.63. The molecule has 1 aromatic carbocycles. The fraction of sp³-hybridized carbons (Fsp3) is 0.571. The van der Waals surface area contributed by atoms with E-state index < -0.39 is 0 Å². The summed E-state index contributed by atoms with van der Waals surface area (Å²) >= 11 is 1.90. The molecule has 0 aliphatic carbocycles. The largest absolute Gasteiger partial charge is 0.382 e. The van der Waals surface area contributed by atoms with Gasteiger partial charge in [0, 0.05) is 16.6 Å². The molecule has 0 saturated carbocycles. The third kappa shape index (κ3) is 4.48. The van der Waals surface area contributed by atoms with Crippen molar-refractivity contribution in [2.75, 3.05) is 11.1 Å². The van der Waals surface area contributed by atoms with Crippen molar-refractivity contribution in [3.63, 3.8) is 0 Å². The topological polar surface area (TPSA) is 12.0 Å². The molecular formula is C14H23NS. The monoisotopic (exact) mass is 237 g/mol. The minimum Gasteiger partial charge on any atom is -0.382 e. The molecule has 1 aromatic rings. The summed E-state index contributed by atoms with van der Waals surface area (Å²) in [7, 11) is 0. The molecule has 1 atom stereocenters. The standard InChI is InChI=1S/C14H23NS/c1-5-16-14-9-7-6-8-13(14)15-12(4)10-11(2)3/h6-9,11-12,15H,5,10H2,1-4H3. The molecule has 0 aromatic heterocycles. The van der Waals surface area contributed by atoms with E-state index in [1.807, 2.05) is 11.8 Å². The van der Waals surface area contributed by atoms with Crippen molar-refractivity contribution in [1.82, 2.24) is 0 Å². The summed E-state index contributed by atoms with van der Waals surface area (Å²) in [5, 5.41) is 3.61. The van der Waals surface area contributed by atoms with Gasteiger partial charge in [0.05, 0.1) is 0 Å². The molecule has 1 rings (SSSR count). The van der Waals surface area contributed by atoms with Crippen LogP contribution < -0.4 is 5.32 Å². The van der Waals surface area contributed by atoms with E-state index in [2.05, 4.69) is 57.3 Å². The maximum atomic E-state index is 3.61. The highest BCUT2D eigenvalue weighted by molar-refractivity contribution is 7.99. The van der Waals surface area contributed by atoms with Crippen LogP contribution in [-0.2, 0) is 0 Å². The molecule has 0 spiro atoms. The lowest BCUT2D eigenvalue weighted by Gasteiger charge is -2.19. The second kappa shape index (κ2) is 6.85. The van der Waals surface area contributed by atoms with Gasteiger partial charge in [0.2, 0.25) is 0 Å². The van der Waals surface area contributed by atoms with Gasteiger partial charge in [-0.15, -0.1) is 11.8 Å². The Morgan fingerprint density at radius 3 is 2.50 bits per heavy atom. The van der Waals surface area contributed by atoms with E-state index >= 15 is 0 Å². The SMILES string of the molecule is CCSc1ccccc1NC(C)CC(C)C. The molecule has 0 heterocycles. The number of nitrogens with one attached hydrogen (secondary N) is 1. The van der Waals surface area contributed by atoms with Crippen LogP contribution >= 0.6 is 11.8 Å². The van der Waals surface area contributed by atoms with Crippen molar-refractivity contribution in [3.8, 4) is 0 Å². The highest BCUT2D eigenvalue weighted by atomic mass is 32.2. The zero-order valence-corrected chi connectivity index (χ0v) is 11.6. The first kappa shape index (κ1) is 13.4. The highest BCUT2D eigenvalue weighted by Gasteiger charge is 2.07. The number of rotatable bonds is 6. The van der Waals surface area contributed by atoms with Gasteiger partial charge in [0.1, 0.15) is 0 Å². The summed E-state index contributed by atoms with van der Waals surface area (Å²) in [6.07, 6.45) is 1.21. The van der Waals surface area contributed by atoms with Crippen LogP contribution in [-0.4, -0.2) is 11.8 Å². The van der Waals surface area contributed by atoms with Gasteiger partial charge in [0.15, 0.2) is 0 Å². The predicted octanol–water partition coefficient (Wildman–Crippen LogP) is 4.65. The van der Waals surface area contributed by atoms with Gasteiger partial charge in [-0.2, -0.15) is 0 Å². The van der Waals surface area contributed by atoms with Crippen LogP contribution in [0.4, 0.5) is 5.69 Å². The van der Waals surface area contributed by atoms with E-state index in [4.69, 9.17) is 0 Å². The Kier molecular flexibility index (Phi) is 5.75. The van der Waals surface area contributed by atoms with Crippen molar-refractivity contribution >= 4 is 17.4 Å². The summed E-state index contributed by atoms with van der Waals surface area (Å²) in [4.78, 5) is 1.36.